The number of carbonyl (C=O) groups excluding carboxylic acids is 1. The smallest absolute Gasteiger partial charge is 0.251 e. The van der Waals surface area contributed by atoms with Gasteiger partial charge in [-0.1, -0.05) is 39.0 Å². The van der Waals surface area contributed by atoms with E-state index in [0.717, 1.165) is 5.56 Å². The first-order valence-corrected chi connectivity index (χ1v) is 6.33. The average Bonchev–Trinajstić information content (AvgIpc) is 2.38. The van der Waals surface area contributed by atoms with Gasteiger partial charge in [-0.15, -0.1) is 0 Å². The quantitative estimate of drug-likeness (QED) is 0.831. The second kappa shape index (κ2) is 6.68. The Morgan fingerprint density at radius 3 is 2.32 bits per heavy atom. The number of nitrogens with one attached hydrogen (secondary N) is 1. The minimum atomic E-state index is -0.425. The van der Waals surface area contributed by atoms with Gasteiger partial charge in [-0.3, -0.25) is 4.79 Å². The lowest BCUT2D eigenvalue weighted by molar-refractivity contribution is -0.0974. The molecule has 4 heteroatoms. The van der Waals surface area contributed by atoms with Crippen molar-refractivity contribution in [2.24, 2.45) is 0 Å². The fourth-order valence-corrected chi connectivity index (χ4v) is 1.87. The maximum atomic E-state index is 12.2. The van der Waals surface area contributed by atoms with Crippen molar-refractivity contribution >= 4 is 5.91 Å². The summed E-state index contributed by atoms with van der Waals surface area (Å²) in [6.45, 7) is 6.59. The molecule has 1 aromatic carbocycles. The Labute approximate surface area is 115 Å². The highest BCUT2D eigenvalue weighted by Gasteiger charge is 2.21. The molecular formula is C15H23NO3. The summed E-state index contributed by atoms with van der Waals surface area (Å²) in [7, 11) is 3.09. The summed E-state index contributed by atoms with van der Waals surface area (Å²) < 4.78 is 10.1. The summed E-state index contributed by atoms with van der Waals surface area (Å²) in [5, 5.41) is 2.82. The van der Waals surface area contributed by atoms with Gasteiger partial charge in [0.1, 0.15) is 0 Å². The second-order valence-corrected chi connectivity index (χ2v) is 5.41. The van der Waals surface area contributed by atoms with E-state index in [-0.39, 0.29) is 11.3 Å². The maximum Gasteiger partial charge on any atom is 0.251 e. The normalized spacial score (nSPS) is 11.7. The molecule has 1 N–H and O–H groups in total. The molecule has 0 aliphatic rings. The summed E-state index contributed by atoms with van der Waals surface area (Å²) in [5.74, 6) is -0.107. The Hall–Kier alpha value is -1.39. The molecule has 4 nitrogen and oxygen atoms in total. The first-order chi connectivity index (χ1) is 8.90. The summed E-state index contributed by atoms with van der Waals surface area (Å²) in [5.41, 5.74) is 1.65. The van der Waals surface area contributed by atoms with Crippen LogP contribution in [0.3, 0.4) is 0 Å². The monoisotopic (exact) mass is 265 g/mol. The summed E-state index contributed by atoms with van der Waals surface area (Å²) in [4.78, 5) is 12.2. The fourth-order valence-electron chi connectivity index (χ4n) is 1.87. The third-order valence-corrected chi connectivity index (χ3v) is 2.93. The van der Waals surface area contributed by atoms with Gasteiger partial charge in [0, 0.05) is 19.8 Å². The van der Waals surface area contributed by atoms with Gasteiger partial charge in [0.05, 0.1) is 6.54 Å². The van der Waals surface area contributed by atoms with E-state index < -0.39 is 6.29 Å². The van der Waals surface area contributed by atoms with Crippen LogP contribution in [0.15, 0.2) is 24.3 Å². The van der Waals surface area contributed by atoms with Gasteiger partial charge in [0.15, 0.2) is 6.29 Å². The zero-order valence-corrected chi connectivity index (χ0v) is 12.3. The molecule has 0 unspecified atom stereocenters. The third kappa shape index (κ3) is 4.33. The first kappa shape index (κ1) is 15.7. The van der Waals surface area contributed by atoms with Crippen molar-refractivity contribution in [1.82, 2.24) is 5.32 Å². The first-order valence-electron chi connectivity index (χ1n) is 6.33. The number of benzene rings is 1. The molecule has 1 rings (SSSR count). The molecule has 1 amide bonds. The Bertz CT molecular complexity index is 420. The van der Waals surface area contributed by atoms with Crippen molar-refractivity contribution in [2.45, 2.75) is 32.5 Å². The molecule has 1 aromatic rings. The van der Waals surface area contributed by atoms with Crippen LogP contribution in [0.5, 0.6) is 0 Å². The van der Waals surface area contributed by atoms with E-state index in [4.69, 9.17) is 9.47 Å². The minimum absolute atomic E-state index is 0.0736. The topological polar surface area (TPSA) is 47.6 Å². The van der Waals surface area contributed by atoms with E-state index in [1.165, 1.54) is 0 Å². The van der Waals surface area contributed by atoms with Gasteiger partial charge in [-0.25, -0.2) is 0 Å². The van der Waals surface area contributed by atoms with Crippen LogP contribution < -0.4 is 5.32 Å². The number of rotatable bonds is 5. The molecule has 0 radical (unpaired) electrons. The van der Waals surface area contributed by atoms with Gasteiger partial charge >= 0.3 is 0 Å². The molecule has 0 aliphatic carbocycles. The molecule has 0 saturated carbocycles. The van der Waals surface area contributed by atoms with Crippen LogP contribution in [-0.4, -0.2) is 33.0 Å². The van der Waals surface area contributed by atoms with Crippen LogP contribution >= 0.6 is 0 Å². The summed E-state index contributed by atoms with van der Waals surface area (Å²) in [6, 6.07) is 7.64. The average molecular weight is 265 g/mol. The minimum Gasteiger partial charge on any atom is -0.354 e. The molecule has 106 valence electrons. The van der Waals surface area contributed by atoms with E-state index in [1.807, 2.05) is 24.3 Å². The number of carbonyl (C=O) groups is 1. The van der Waals surface area contributed by atoms with Gasteiger partial charge in [-0.05, 0) is 17.0 Å². The molecule has 0 saturated heterocycles. The van der Waals surface area contributed by atoms with E-state index in [9.17, 15) is 4.79 Å². The highest BCUT2D eigenvalue weighted by molar-refractivity contribution is 5.96. The molecular weight excluding hydrogens is 242 g/mol. The molecule has 0 aliphatic heterocycles. The lowest BCUT2D eigenvalue weighted by Crippen LogP contribution is -2.35. The van der Waals surface area contributed by atoms with Gasteiger partial charge in [0.2, 0.25) is 0 Å². The zero-order valence-electron chi connectivity index (χ0n) is 12.3. The molecule has 0 fully saturated rings. The number of methoxy groups -OCH3 is 2. The predicted octanol–water partition coefficient (Wildman–Crippen LogP) is 2.33. The predicted molar refractivity (Wildman–Crippen MR) is 75.3 cm³/mol. The van der Waals surface area contributed by atoms with Crippen LogP contribution in [0.2, 0.25) is 0 Å². The lowest BCUT2D eigenvalue weighted by Gasteiger charge is -2.22. The van der Waals surface area contributed by atoms with Crippen molar-refractivity contribution in [3.8, 4) is 0 Å². The van der Waals surface area contributed by atoms with E-state index in [1.54, 1.807) is 14.2 Å². The van der Waals surface area contributed by atoms with Gasteiger partial charge in [0.25, 0.3) is 5.91 Å². The van der Waals surface area contributed by atoms with Crippen LogP contribution in [0.4, 0.5) is 0 Å². The molecule has 0 atom stereocenters. The Morgan fingerprint density at radius 2 is 1.79 bits per heavy atom. The van der Waals surface area contributed by atoms with Crippen LogP contribution in [0.25, 0.3) is 0 Å². The van der Waals surface area contributed by atoms with E-state index in [0.29, 0.717) is 12.1 Å². The highest BCUT2D eigenvalue weighted by atomic mass is 16.7. The van der Waals surface area contributed by atoms with Crippen molar-refractivity contribution in [1.29, 1.82) is 0 Å². The second-order valence-electron chi connectivity index (χ2n) is 5.41. The Balaban J connectivity index is 2.83. The van der Waals surface area contributed by atoms with Crippen LogP contribution in [0, 0.1) is 0 Å². The van der Waals surface area contributed by atoms with Crippen molar-refractivity contribution in [2.75, 3.05) is 20.8 Å². The van der Waals surface area contributed by atoms with Crippen molar-refractivity contribution in [3.63, 3.8) is 0 Å². The van der Waals surface area contributed by atoms with Crippen LogP contribution in [0.1, 0.15) is 36.7 Å². The summed E-state index contributed by atoms with van der Waals surface area (Å²) in [6.07, 6.45) is -0.425. The lowest BCUT2D eigenvalue weighted by atomic mass is 9.83. The molecule has 0 spiro atoms. The van der Waals surface area contributed by atoms with Gasteiger partial charge in [-0.2, -0.15) is 0 Å². The summed E-state index contributed by atoms with van der Waals surface area (Å²) >= 11 is 0. The van der Waals surface area contributed by atoms with Crippen molar-refractivity contribution < 1.29 is 14.3 Å². The van der Waals surface area contributed by atoms with Crippen molar-refractivity contribution in [3.05, 3.63) is 35.4 Å². The molecule has 0 aromatic heterocycles. The molecule has 0 heterocycles. The number of hydrogen-bond donors (Lipinski definition) is 1. The Morgan fingerprint density at radius 1 is 1.21 bits per heavy atom. The molecule has 19 heavy (non-hydrogen) atoms. The number of amides is 1. The zero-order chi connectivity index (χ0) is 14.5. The van der Waals surface area contributed by atoms with Gasteiger partial charge < -0.3 is 14.8 Å². The fraction of sp³-hybridized carbons (Fsp3) is 0.533. The number of hydrogen-bond acceptors (Lipinski definition) is 3. The van der Waals surface area contributed by atoms with Crippen LogP contribution in [-0.2, 0) is 14.9 Å². The largest absolute Gasteiger partial charge is 0.354 e. The third-order valence-electron chi connectivity index (χ3n) is 2.93. The SMILES string of the molecule is COC(CNC(=O)c1ccccc1C(C)(C)C)OC. The Kier molecular flexibility index (Phi) is 5.51. The highest BCUT2D eigenvalue weighted by Crippen LogP contribution is 2.25. The van der Waals surface area contributed by atoms with E-state index >= 15 is 0 Å². The number of ether oxygens (including phenoxy) is 2. The van der Waals surface area contributed by atoms with E-state index in [2.05, 4.69) is 26.1 Å². The standard InChI is InChI=1S/C15H23NO3/c1-15(2,3)12-9-7-6-8-11(12)14(17)16-10-13(18-4)19-5/h6-9,13H,10H2,1-5H3,(H,16,17). The maximum absolute atomic E-state index is 12.2. The molecule has 0 bridgehead atoms.